The van der Waals surface area contributed by atoms with Gasteiger partial charge in [-0.15, -0.1) is 0 Å². The maximum absolute atomic E-state index is 11.4. The van der Waals surface area contributed by atoms with Crippen molar-refractivity contribution in [3.8, 4) is 5.75 Å². The molecule has 2 N–H and O–H groups in total. The molecule has 1 atom stereocenters. The summed E-state index contributed by atoms with van der Waals surface area (Å²) in [4.78, 5) is 11.4. The van der Waals surface area contributed by atoms with Gasteiger partial charge >= 0.3 is 0 Å². The molecule has 0 saturated carbocycles. The predicted octanol–water partition coefficient (Wildman–Crippen LogP) is 2.44. The number of ether oxygens (including phenoxy) is 1. The SMILES string of the molecule is CNC(=O)C(C)NCc1cc(Br)c(OC)c(Br)c1. The highest BCUT2D eigenvalue weighted by atomic mass is 79.9. The summed E-state index contributed by atoms with van der Waals surface area (Å²) in [5, 5.41) is 5.75. The molecule has 1 rings (SSSR count). The molecular formula is C12H16Br2N2O2. The first kappa shape index (κ1) is 15.5. The average molecular weight is 380 g/mol. The van der Waals surface area contributed by atoms with Gasteiger partial charge in [-0.3, -0.25) is 4.79 Å². The lowest BCUT2D eigenvalue weighted by molar-refractivity contribution is -0.122. The largest absolute Gasteiger partial charge is 0.494 e. The normalized spacial score (nSPS) is 12.1. The van der Waals surface area contributed by atoms with Crippen LogP contribution in [-0.4, -0.2) is 26.1 Å². The number of amides is 1. The van der Waals surface area contributed by atoms with Gasteiger partial charge in [0.15, 0.2) is 0 Å². The van der Waals surface area contributed by atoms with Crippen molar-refractivity contribution >= 4 is 37.8 Å². The summed E-state index contributed by atoms with van der Waals surface area (Å²) in [6, 6.07) is 3.70. The Morgan fingerprint density at radius 3 is 2.39 bits per heavy atom. The quantitative estimate of drug-likeness (QED) is 0.826. The minimum Gasteiger partial charge on any atom is -0.494 e. The monoisotopic (exact) mass is 378 g/mol. The van der Waals surface area contributed by atoms with E-state index in [1.807, 2.05) is 19.1 Å². The van der Waals surface area contributed by atoms with Crippen LogP contribution in [0.2, 0.25) is 0 Å². The smallest absolute Gasteiger partial charge is 0.236 e. The second-order valence-corrected chi connectivity index (χ2v) is 5.52. The lowest BCUT2D eigenvalue weighted by Crippen LogP contribution is -2.40. The molecule has 1 amide bonds. The van der Waals surface area contributed by atoms with Crippen LogP contribution < -0.4 is 15.4 Å². The Labute approximate surface area is 124 Å². The highest BCUT2D eigenvalue weighted by Gasteiger charge is 2.11. The van der Waals surface area contributed by atoms with Crippen LogP contribution in [0, 0.1) is 0 Å². The summed E-state index contributed by atoms with van der Waals surface area (Å²) in [6.07, 6.45) is 0. The molecule has 1 unspecified atom stereocenters. The Morgan fingerprint density at radius 1 is 1.39 bits per heavy atom. The Hall–Kier alpha value is -0.590. The third kappa shape index (κ3) is 3.96. The van der Waals surface area contributed by atoms with E-state index in [4.69, 9.17) is 4.74 Å². The number of methoxy groups -OCH3 is 1. The summed E-state index contributed by atoms with van der Waals surface area (Å²) >= 11 is 6.89. The summed E-state index contributed by atoms with van der Waals surface area (Å²) in [7, 11) is 3.25. The van der Waals surface area contributed by atoms with Crippen molar-refractivity contribution in [1.29, 1.82) is 0 Å². The molecule has 0 fully saturated rings. The van der Waals surface area contributed by atoms with Gasteiger partial charge in [0.1, 0.15) is 5.75 Å². The fourth-order valence-electron chi connectivity index (χ4n) is 1.49. The third-order valence-corrected chi connectivity index (χ3v) is 3.69. The molecule has 0 aliphatic carbocycles. The number of carbonyl (C=O) groups excluding carboxylic acids is 1. The zero-order valence-corrected chi connectivity index (χ0v) is 13.7. The Morgan fingerprint density at radius 2 is 1.94 bits per heavy atom. The minimum atomic E-state index is -0.227. The Kier molecular flexibility index (Phi) is 6.11. The second-order valence-electron chi connectivity index (χ2n) is 3.81. The van der Waals surface area contributed by atoms with E-state index in [9.17, 15) is 4.79 Å². The molecule has 1 aromatic rings. The van der Waals surface area contributed by atoms with Crippen molar-refractivity contribution in [2.24, 2.45) is 0 Å². The first-order valence-electron chi connectivity index (χ1n) is 5.46. The van der Waals surface area contributed by atoms with Crippen LogP contribution in [0.25, 0.3) is 0 Å². The molecule has 18 heavy (non-hydrogen) atoms. The first-order chi connectivity index (χ1) is 8.49. The molecule has 0 aliphatic heterocycles. The molecule has 4 nitrogen and oxygen atoms in total. The van der Waals surface area contributed by atoms with Gasteiger partial charge in [-0.1, -0.05) is 0 Å². The second kappa shape index (κ2) is 7.11. The molecule has 0 heterocycles. The minimum absolute atomic E-state index is 0.0263. The number of nitrogens with one attached hydrogen (secondary N) is 2. The number of carbonyl (C=O) groups is 1. The van der Waals surface area contributed by atoms with Crippen LogP contribution in [0.15, 0.2) is 21.1 Å². The molecule has 0 aliphatic rings. The number of rotatable bonds is 5. The van der Waals surface area contributed by atoms with Crippen LogP contribution >= 0.6 is 31.9 Å². The van der Waals surface area contributed by atoms with Crippen LogP contribution in [0.5, 0.6) is 5.75 Å². The Bertz CT molecular complexity index is 415. The van der Waals surface area contributed by atoms with Gasteiger partial charge in [-0.2, -0.15) is 0 Å². The van der Waals surface area contributed by atoms with Crippen molar-refractivity contribution in [1.82, 2.24) is 10.6 Å². The van der Waals surface area contributed by atoms with Crippen LogP contribution in [-0.2, 0) is 11.3 Å². The topological polar surface area (TPSA) is 50.4 Å². The van der Waals surface area contributed by atoms with Gasteiger partial charge in [0.05, 0.1) is 22.1 Å². The van der Waals surface area contributed by atoms with Gasteiger partial charge < -0.3 is 15.4 Å². The maximum atomic E-state index is 11.4. The van der Waals surface area contributed by atoms with E-state index in [-0.39, 0.29) is 11.9 Å². The fraction of sp³-hybridized carbons (Fsp3) is 0.417. The molecule has 0 spiro atoms. The molecule has 0 saturated heterocycles. The van der Waals surface area contributed by atoms with Gasteiger partial charge in [0, 0.05) is 13.6 Å². The van der Waals surface area contributed by atoms with Gasteiger partial charge in [0.2, 0.25) is 5.91 Å². The number of halogens is 2. The van der Waals surface area contributed by atoms with E-state index in [0.717, 1.165) is 20.3 Å². The van der Waals surface area contributed by atoms with Crippen molar-refractivity contribution in [3.05, 3.63) is 26.6 Å². The van der Waals surface area contributed by atoms with E-state index in [0.29, 0.717) is 6.54 Å². The number of likely N-dealkylation sites (N-methyl/N-ethyl adjacent to an activating group) is 1. The van der Waals surface area contributed by atoms with Crippen molar-refractivity contribution in [3.63, 3.8) is 0 Å². The highest BCUT2D eigenvalue weighted by molar-refractivity contribution is 9.11. The van der Waals surface area contributed by atoms with Gasteiger partial charge in [-0.25, -0.2) is 0 Å². The predicted molar refractivity (Wildman–Crippen MR) is 78.8 cm³/mol. The van der Waals surface area contributed by atoms with Crippen LogP contribution in [0.3, 0.4) is 0 Å². The molecule has 0 aromatic heterocycles. The summed E-state index contributed by atoms with van der Waals surface area (Å²) < 4.78 is 6.99. The van der Waals surface area contributed by atoms with Gasteiger partial charge in [0.25, 0.3) is 0 Å². The van der Waals surface area contributed by atoms with Crippen molar-refractivity contribution in [2.75, 3.05) is 14.2 Å². The zero-order chi connectivity index (χ0) is 13.7. The lowest BCUT2D eigenvalue weighted by Gasteiger charge is -2.14. The summed E-state index contributed by atoms with van der Waals surface area (Å²) in [5.74, 6) is 0.736. The molecule has 100 valence electrons. The molecular weight excluding hydrogens is 364 g/mol. The van der Waals surface area contributed by atoms with Crippen molar-refractivity contribution < 1.29 is 9.53 Å². The number of hydrogen-bond donors (Lipinski definition) is 2. The molecule has 1 aromatic carbocycles. The molecule has 0 radical (unpaired) electrons. The molecule has 6 heteroatoms. The van der Waals surface area contributed by atoms with E-state index < -0.39 is 0 Å². The van der Waals surface area contributed by atoms with E-state index >= 15 is 0 Å². The standard InChI is InChI=1S/C12H16Br2N2O2/c1-7(12(17)15-2)16-6-8-4-9(13)11(18-3)10(14)5-8/h4-5,7,16H,6H2,1-3H3,(H,15,17). The van der Waals surface area contributed by atoms with Crippen LogP contribution in [0.1, 0.15) is 12.5 Å². The van der Waals surface area contributed by atoms with E-state index in [2.05, 4.69) is 42.5 Å². The van der Waals surface area contributed by atoms with E-state index in [1.54, 1.807) is 14.2 Å². The maximum Gasteiger partial charge on any atom is 0.236 e. The third-order valence-electron chi connectivity index (χ3n) is 2.51. The van der Waals surface area contributed by atoms with Crippen molar-refractivity contribution in [2.45, 2.75) is 19.5 Å². The molecule has 0 bridgehead atoms. The average Bonchev–Trinajstić information content (AvgIpc) is 2.34. The lowest BCUT2D eigenvalue weighted by atomic mass is 10.2. The number of hydrogen-bond acceptors (Lipinski definition) is 3. The van der Waals surface area contributed by atoms with Crippen LogP contribution in [0.4, 0.5) is 0 Å². The summed E-state index contributed by atoms with van der Waals surface area (Å²) in [6.45, 7) is 2.43. The van der Waals surface area contributed by atoms with E-state index in [1.165, 1.54) is 0 Å². The van der Waals surface area contributed by atoms with Gasteiger partial charge in [-0.05, 0) is 56.5 Å². The summed E-state index contributed by atoms with van der Waals surface area (Å²) in [5.41, 5.74) is 1.06. The fourth-order valence-corrected chi connectivity index (χ4v) is 3.09. The Balaban J connectivity index is 2.72. The first-order valence-corrected chi connectivity index (χ1v) is 7.05. The highest BCUT2D eigenvalue weighted by Crippen LogP contribution is 2.34. The zero-order valence-electron chi connectivity index (χ0n) is 10.5. The number of benzene rings is 1.